The van der Waals surface area contributed by atoms with Gasteiger partial charge in [0, 0.05) is 53.2 Å². The Labute approximate surface area is 384 Å². The maximum atomic E-state index is 14.6. The fraction of sp³-hybridized carbons (Fsp3) is 0.755. The minimum atomic E-state index is -1.15. The number of unbranched alkanes of at least 4 members (excludes halogenated alkanes) is 1. The van der Waals surface area contributed by atoms with Crippen LogP contribution < -0.4 is 10.6 Å². The van der Waals surface area contributed by atoms with Crippen LogP contribution in [0.4, 0.5) is 0 Å². The second-order valence-electron chi connectivity index (χ2n) is 19.8. The van der Waals surface area contributed by atoms with Crippen molar-refractivity contribution in [2.45, 2.75) is 157 Å². The standard InChI is InChI=1S/C49H84N6O9/c1-16-33(6)42(54(13)46(59)40(31(2)3)51-45(58)41(32(4)5)52(11)26-20-21-27-53(12)48(62)49(8,9)10)38(63-14)30-39(56)55-28-22-25-37(55)43(64-15)34(7)44(57)50-36(47(60)61)29-35-23-18-17-19-24-35/h17-19,23-24,31-34,36-38,40-43H,16,20-22,25-30H2,1-15H3,(H,50,57)(H,51,58)(H,60,61)/t33-,34+,36+,37-,38+,40-,41-,42-,43+/m0/s1. The Kier molecular flexibility index (Phi) is 22.9. The Morgan fingerprint density at radius 3 is 1.98 bits per heavy atom. The van der Waals surface area contributed by atoms with Crippen LogP contribution >= 0.6 is 0 Å². The quantitative estimate of drug-likeness (QED) is 0.106. The molecular formula is C49H84N6O9. The van der Waals surface area contributed by atoms with Crippen molar-refractivity contribution < 1.29 is 43.3 Å². The van der Waals surface area contributed by atoms with Gasteiger partial charge in [-0.05, 0) is 62.6 Å². The molecule has 1 heterocycles. The van der Waals surface area contributed by atoms with Crippen molar-refractivity contribution in [1.82, 2.24) is 30.2 Å². The molecule has 364 valence electrons. The Morgan fingerprint density at radius 2 is 1.47 bits per heavy atom. The predicted octanol–water partition coefficient (Wildman–Crippen LogP) is 5.10. The van der Waals surface area contributed by atoms with Gasteiger partial charge in [-0.2, -0.15) is 0 Å². The van der Waals surface area contributed by atoms with Crippen molar-refractivity contribution in [2.75, 3.05) is 55.0 Å². The SMILES string of the molecule is CC[C@H](C)[C@@H]([C@@H](CC(=O)N1CCC[C@H]1[C@H](OC)[C@@H](C)C(=O)N[C@H](Cc1ccccc1)C(=O)O)OC)N(C)C(=O)[C@@H](NC(=O)[C@H](C(C)C)N(C)CCCCN(C)C(=O)C(C)(C)C)C(C)C. The third-order valence-electron chi connectivity index (χ3n) is 13.0. The number of ether oxygens (including phenoxy) is 2. The zero-order valence-electron chi connectivity index (χ0n) is 41.8. The lowest BCUT2D eigenvalue weighted by Gasteiger charge is -2.41. The highest BCUT2D eigenvalue weighted by atomic mass is 16.5. The Hall–Kier alpha value is -4.08. The van der Waals surface area contributed by atoms with Crippen molar-refractivity contribution in [1.29, 1.82) is 0 Å². The number of nitrogens with zero attached hydrogens (tertiary/aromatic N) is 4. The second kappa shape index (κ2) is 26.2. The maximum absolute atomic E-state index is 14.6. The summed E-state index contributed by atoms with van der Waals surface area (Å²) < 4.78 is 12.0. The number of amides is 5. The summed E-state index contributed by atoms with van der Waals surface area (Å²) in [6.07, 6.45) is 2.26. The average molecular weight is 901 g/mol. The van der Waals surface area contributed by atoms with Gasteiger partial charge in [-0.25, -0.2) is 4.79 Å². The number of likely N-dealkylation sites (N-methyl/N-ethyl adjacent to an activating group) is 2. The van der Waals surface area contributed by atoms with Crippen LogP contribution in [-0.2, 0) is 44.7 Å². The van der Waals surface area contributed by atoms with Crippen LogP contribution in [0, 0.1) is 29.1 Å². The molecule has 0 spiro atoms. The number of benzene rings is 1. The number of aliphatic carboxylic acids is 1. The zero-order valence-corrected chi connectivity index (χ0v) is 41.8. The van der Waals surface area contributed by atoms with Crippen LogP contribution in [-0.4, -0.2) is 158 Å². The molecule has 1 aromatic rings. The van der Waals surface area contributed by atoms with Gasteiger partial charge < -0.3 is 39.9 Å². The van der Waals surface area contributed by atoms with Crippen molar-refractivity contribution in [3.63, 3.8) is 0 Å². The minimum absolute atomic E-state index is 0.0338. The van der Waals surface area contributed by atoms with Crippen molar-refractivity contribution in [2.24, 2.45) is 29.1 Å². The van der Waals surface area contributed by atoms with E-state index in [0.717, 1.165) is 18.4 Å². The van der Waals surface area contributed by atoms with Crippen molar-refractivity contribution in [3.8, 4) is 0 Å². The number of nitrogens with one attached hydrogen (secondary N) is 2. The van der Waals surface area contributed by atoms with E-state index in [4.69, 9.17) is 9.47 Å². The van der Waals surface area contributed by atoms with E-state index in [1.807, 2.05) is 112 Å². The molecule has 3 N–H and O–H groups in total. The fourth-order valence-corrected chi connectivity index (χ4v) is 9.17. The van der Waals surface area contributed by atoms with E-state index < -0.39 is 65.6 Å². The molecule has 0 saturated carbocycles. The molecule has 15 heteroatoms. The summed E-state index contributed by atoms with van der Waals surface area (Å²) in [7, 11) is 8.49. The van der Waals surface area contributed by atoms with E-state index in [-0.39, 0.29) is 54.2 Å². The first kappa shape index (κ1) is 56.1. The fourth-order valence-electron chi connectivity index (χ4n) is 9.17. The molecule has 64 heavy (non-hydrogen) atoms. The van der Waals surface area contributed by atoms with Crippen molar-refractivity contribution in [3.05, 3.63) is 35.9 Å². The van der Waals surface area contributed by atoms with E-state index in [1.54, 1.807) is 28.7 Å². The highest BCUT2D eigenvalue weighted by molar-refractivity contribution is 5.90. The van der Waals surface area contributed by atoms with Crippen LogP contribution in [0.2, 0.25) is 0 Å². The molecule has 2 rings (SSSR count). The van der Waals surface area contributed by atoms with Gasteiger partial charge in [0.1, 0.15) is 12.1 Å². The number of carboxylic acids is 1. The third kappa shape index (κ3) is 15.8. The number of methoxy groups -OCH3 is 2. The van der Waals surface area contributed by atoms with Crippen LogP contribution in [0.5, 0.6) is 0 Å². The third-order valence-corrected chi connectivity index (χ3v) is 13.0. The topological polar surface area (TPSA) is 178 Å². The molecule has 0 aromatic heterocycles. The molecule has 1 aliphatic rings. The molecule has 1 fully saturated rings. The van der Waals surface area contributed by atoms with Crippen molar-refractivity contribution >= 4 is 35.5 Å². The normalized spacial score (nSPS) is 18.2. The average Bonchev–Trinajstić information content (AvgIpc) is 3.72. The molecule has 1 aromatic carbocycles. The van der Waals surface area contributed by atoms with Gasteiger partial charge in [-0.15, -0.1) is 0 Å². The van der Waals surface area contributed by atoms with Gasteiger partial charge in [0.2, 0.25) is 29.5 Å². The van der Waals surface area contributed by atoms with E-state index >= 15 is 0 Å². The molecule has 0 aliphatic carbocycles. The van der Waals surface area contributed by atoms with Gasteiger partial charge >= 0.3 is 5.97 Å². The molecule has 1 saturated heterocycles. The largest absolute Gasteiger partial charge is 0.480 e. The maximum Gasteiger partial charge on any atom is 0.326 e. The number of rotatable bonds is 26. The summed E-state index contributed by atoms with van der Waals surface area (Å²) in [4.78, 5) is 88.5. The van der Waals surface area contributed by atoms with Gasteiger partial charge in [-0.1, -0.05) is 106 Å². The number of hydrogen-bond donors (Lipinski definition) is 3. The number of carbonyl (C=O) groups is 6. The monoisotopic (exact) mass is 901 g/mol. The van der Waals surface area contributed by atoms with Gasteiger partial charge in [-0.3, -0.25) is 28.9 Å². The lowest BCUT2D eigenvalue weighted by Crippen LogP contribution is -2.60. The summed E-state index contributed by atoms with van der Waals surface area (Å²) in [5.41, 5.74) is 0.329. The van der Waals surface area contributed by atoms with E-state index in [9.17, 15) is 33.9 Å². The summed E-state index contributed by atoms with van der Waals surface area (Å²) in [6.45, 7) is 21.0. The second-order valence-corrected chi connectivity index (χ2v) is 19.8. The summed E-state index contributed by atoms with van der Waals surface area (Å²) >= 11 is 0. The van der Waals surface area contributed by atoms with E-state index in [0.29, 0.717) is 38.9 Å². The van der Waals surface area contributed by atoms with E-state index in [1.165, 1.54) is 14.2 Å². The highest BCUT2D eigenvalue weighted by Crippen LogP contribution is 2.30. The minimum Gasteiger partial charge on any atom is -0.480 e. The molecule has 15 nitrogen and oxygen atoms in total. The Balaban J connectivity index is 2.23. The lowest BCUT2D eigenvalue weighted by molar-refractivity contribution is -0.148. The summed E-state index contributed by atoms with van der Waals surface area (Å²) in [5, 5.41) is 15.7. The number of carbonyl (C=O) groups excluding carboxylic acids is 5. The summed E-state index contributed by atoms with van der Waals surface area (Å²) in [6, 6.07) is 5.67. The molecule has 9 atom stereocenters. The summed E-state index contributed by atoms with van der Waals surface area (Å²) in [5.74, 6) is -3.38. The first-order valence-electron chi connectivity index (χ1n) is 23.4. The van der Waals surface area contributed by atoms with E-state index in [2.05, 4.69) is 10.6 Å². The van der Waals surface area contributed by atoms with Crippen LogP contribution in [0.15, 0.2) is 30.3 Å². The number of likely N-dealkylation sites (tertiary alicyclic amines) is 1. The first-order chi connectivity index (χ1) is 29.9. The van der Waals surface area contributed by atoms with Crippen LogP contribution in [0.25, 0.3) is 0 Å². The smallest absolute Gasteiger partial charge is 0.326 e. The first-order valence-corrected chi connectivity index (χ1v) is 23.4. The predicted molar refractivity (Wildman–Crippen MR) is 250 cm³/mol. The Morgan fingerprint density at radius 1 is 0.859 bits per heavy atom. The van der Waals surface area contributed by atoms with Gasteiger partial charge in [0.15, 0.2) is 0 Å². The van der Waals surface area contributed by atoms with Crippen LogP contribution in [0.1, 0.15) is 113 Å². The highest BCUT2D eigenvalue weighted by Gasteiger charge is 2.43. The Bertz CT molecular complexity index is 1650. The molecule has 0 unspecified atom stereocenters. The zero-order chi connectivity index (χ0) is 48.6. The lowest BCUT2D eigenvalue weighted by atomic mass is 9.89. The molecule has 1 aliphatic heterocycles. The van der Waals surface area contributed by atoms with Crippen LogP contribution in [0.3, 0.4) is 0 Å². The number of hydrogen-bond acceptors (Lipinski definition) is 9. The van der Waals surface area contributed by atoms with Gasteiger partial charge in [0.05, 0.1) is 42.7 Å². The van der Waals surface area contributed by atoms with Gasteiger partial charge in [0.25, 0.3) is 0 Å². The molecular weight excluding hydrogens is 817 g/mol. The molecule has 0 bridgehead atoms. The number of carboxylic acid groups (broad SMARTS) is 1. The molecule has 0 radical (unpaired) electrons. The molecule has 5 amide bonds.